The molecule has 0 fully saturated rings. The van der Waals surface area contributed by atoms with Gasteiger partial charge in [0.05, 0.1) is 0 Å². The molecular weight excluding hydrogens is 205 g/mol. The second-order valence-corrected chi connectivity index (χ2v) is 2.98. The quantitative estimate of drug-likeness (QED) is 0.558. The van der Waals surface area contributed by atoms with Crippen LogP contribution in [0.2, 0.25) is 0 Å². The number of carbonyl (C=O) groups is 1. The molecule has 1 aromatic carbocycles. The number of Topliss-reactive ketones (excluding diaryl/α,β-unsaturated/α-hetero) is 1. The van der Waals surface area contributed by atoms with Crippen LogP contribution in [0.25, 0.3) is 0 Å². The van der Waals surface area contributed by atoms with Crippen LogP contribution in [0.5, 0.6) is 0 Å². The second-order valence-electron chi connectivity index (χ2n) is 2.98. The standard InChI is InChI=1S/C11H9F3O/c1-2-5-8-6-3-4-7-9(8)10(15)11(12,13)14/h2-4,6-7H,1,5H2. The van der Waals surface area contributed by atoms with Gasteiger partial charge < -0.3 is 0 Å². The van der Waals surface area contributed by atoms with E-state index < -0.39 is 12.0 Å². The van der Waals surface area contributed by atoms with E-state index in [9.17, 15) is 18.0 Å². The first-order chi connectivity index (χ1) is 6.96. The smallest absolute Gasteiger partial charge is 0.284 e. The van der Waals surface area contributed by atoms with E-state index in [0.717, 1.165) is 0 Å². The van der Waals surface area contributed by atoms with Crippen LogP contribution < -0.4 is 0 Å². The second kappa shape index (κ2) is 4.29. The largest absolute Gasteiger partial charge is 0.454 e. The van der Waals surface area contributed by atoms with Gasteiger partial charge in [-0.15, -0.1) is 6.58 Å². The lowest BCUT2D eigenvalue weighted by Crippen LogP contribution is -2.23. The van der Waals surface area contributed by atoms with Crippen LogP contribution in [0.4, 0.5) is 13.2 Å². The fourth-order valence-electron chi connectivity index (χ4n) is 1.23. The van der Waals surface area contributed by atoms with Gasteiger partial charge in [-0.1, -0.05) is 30.3 Å². The fraction of sp³-hybridized carbons (Fsp3) is 0.182. The number of hydrogen-bond donors (Lipinski definition) is 0. The van der Waals surface area contributed by atoms with E-state index in [-0.39, 0.29) is 12.0 Å². The molecule has 0 heterocycles. The molecule has 1 aromatic rings. The topological polar surface area (TPSA) is 17.1 Å². The van der Waals surface area contributed by atoms with Crippen LogP contribution in [-0.4, -0.2) is 12.0 Å². The fourth-order valence-corrected chi connectivity index (χ4v) is 1.23. The van der Waals surface area contributed by atoms with Gasteiger partial charge in [-0.2, -0.15) is 13.2 Å². The molecule has 0 saturated carbocycles. The summed E-state index contributed by atoms with van der Waals surface area (Å²) in [5, 5.41) is 0. The Morgan fingerprint density at radius 2 is 1.93 bits per heavy atom. The monoisotopic (exact) mass is 214 g/mol. The van der Waals surface area contributed by atoms with Crippen LogP contribution in [0, 0.1) is 0 Å². The van der Waals surface area contributed by atoms with Crippen LogP contribution in [0.3, 0.4) is 0 Å². The lowest BCUT2D eigenvalue weighted by molar-refractivity contribution is -0.0885. The summed E-state index contributed by atoms with van der Waals surface area (Å²) in [4.78, 5) is 11.0. The Morgan fingerprint density at radius 1 is 1.33 bits per heavy atom. The number of ketones is 1. The molecule has 0 radical (unpaired) electrons. The summed E-state index contributed by atoms with van der Waals surface area (Å²) in [5.74, 6) is -1.81. The molecule has 1 nitrogen and oxygen atoms in total. The third-order valence-corrected chi connectivity index (χ3v) is 1.88. The lowest BCUT2D eigenvalue weighted by Gasteiger charge is -2.08. The maximum absolute atomic E-state index is 12.2. The molecule has 15 heavy (non-hydrogen) atoms. The van der Waals surface area contributed by atoms with Gasteiger partial charge in [0, 0.05) is 5.56 Å². The molecule has 0 bridgehead atoms. The number of rotatable bonds is 3. The minimum absolute atomic E-state index is 0.248. The molecule has 0 atom stereocenters. The minimum Gasteiger partial charge on any atom is -0.284 e. The molecule has 0 amide bonds. The van der Waals surface area contributed by atoms with Gasteiger partial charge in [-0.25, -0.2) is 0 Å². The van der Waals surface area contributed by atoms with Crippen molar-refractivity contribution in [2.24, 2.45) is 0 Å². The molecule has 4 heteroatoms. The molecule has 0 aliphatic carbocycles. The van der Waals surface area contributed by atoms with Crippen molar-refractivity contribution < 1.29 is 18.0 Å². The van der Waals surface area contributed by atoms with E-state index in [1.54, 1.807) is 6.07 Å². The highest BCUT2D eigenvalue weighted by atomic mass is 19.4. The summed E-state index contributed by atoms with van der Waals surface area (Å²) in [7, 11) is 0. The predicted octanol–water partition coefficient (Wildman–Crippen LogP) is 3.16. The number of allylic oxidation sites excluding steroid dienone is 1. The van der Waals surface area contributed by atoms with Crippen molar-refractivity contribution in [2.75, 3.05) is 0 Å². The van der Waals surface area contributed by atoms with Crippen LogP contribution in [0.1, 0.15) is 15.9 Å². The van der Waals surface area contributed by atoms with E-state index in [1.807, 2.05) is 0 Å². The molecule has 0 saturated heterocycles. The molecule has 1 rings (SSSR count). The third kappa shape index (κ3) is 2.68. The highest BCUT2D eigenvalue weighted by Crippen LogP contribution is 2.23. The maximum Gasteiger partial charge on any atom is 0.454 e. The number of carbonyl (C=O) groups excluding carboxylic acids is 1. The van der Waals surface area contributed by atoms with Gasteiger partial charge in [0.1, 0.15) is 0 Å². The van der Waals surface area contributed by atoms with Crippen LogP contribution >= 0.6 is 0 Å². The zero-order chi connectivity index (χ0) is 11.5. The molecule has 0 N–H and O–H groups in total. The highest BCUT2D eigenvalue weighted by Gasteiger charge is 2.39. The van der Waals surface area contributed by atoms with E-state index in [2.05, 4.69) is 6.58 Å². The van der Waals surface area contributed by atoms with E-state index in [4.69, 9.17) is 0 Å². The minimum atomic E-state index is -4.82. The summed E-state index contributed by atoms with van der Waals surface area (Å²) in [6.45, 7) is 3.43. The predicted molar refractivity (Wildman–Crippen MR) is 50.7 cm³/mol. The van der Waals surface area contributed by atoms with Crippen molar-refractivity contribution in [1.82, 2.24) is 0 Å². The Bertz CT molecular complexity index is 380. The average Bonchev–Trinajstić information content (AvgIpc) is 2.17. The van der Waals surface area contributed by atoms with Gasteiger partial charge in [0.25, 0.3) is 5.78 Å². The number of halogens is 3. The van der Waals surface area contributed by atoms with Gasteiger partial charge in [0.2, 0.25) is 0 Å². The molecule has 0 aromatic heterocycles. The SMILES string of the molecule is C=CCc1ccccc1C(=O)C(F)(F)F. The molecule has 0 aliphatic heterocycles. The molecule has 0 unspecified atom stereocenters. The third-order valence-electron chi connectivity index (χ3n) is 1.88. The Labute approximate surface area is 85.2 Å². The summed E-state index contributed by atoms with van der Waals surface area (Å²) in [6.07, 6.45) is -3.11. The van der Waals surface area contributed by atoms with Crippen molar-refractivity contribution in [1.29, 1.82) is 0 Å². The molecule has 0 aliphatic rings. The first-order valence-electron chi connectivity index (χ1n) is 4.27. The number of benzene rings is 1. The zero-order valence-corrected chi connectivity index (χ0v) is 7.84. The normalized spacial score (nSPS) is 11.1. The highest BCUT2D eigenvalue weighted by molar-refractivity contribution is 6.01. The number of hydrogen-bond acceptors (Lipinski definition) is 1. The summed E-state index contributed by atoms with van der Waals surface area (Å²) < 4.78 is 36.5. The van der Waals surface area contributed by atoms with Crippen LogP contribution in [0.15, 0.2) is 36.9 Å². The van der Waals surface area contributed by atoms with E-state index in [1.165, 1.54) is 24.3 Å². The average molecular weight is 214 g/mol. The van der Waals surface area contributed by atoms with Crippen molar-refractivity contribution in [3.05, 3.63) is 48.0 Å². The zero-order valence-electron chi connectivity index (χ0n) is 7.84. The Balaban J connectivity index is 3.13. The van der Waals surface area contributed by atoms with Crippen molar-refractivity contribution in [2.45, 2.75) is 12.6 Å². The number of alkyl halides is 3. The van der Waals surface area contributed by atoms with E-state index >= 15 is 0 Å². The summed E-state index contributed by atoms with van der Waals surface area (Å²) >= 11 is 0. The molecule has 80 valence electrons. The van der Waals surface area contributed by atoms with Crippen LogP contribution in [-0.2, 0) is 6.42 Å². The first-order valence-corrected chi connectivity index (χ1v) is 4.27. The Hall–Kier alpha value is -1.58. The van der Waals surface area contributed by atoms with Crippen molar-refractivity contribution in [3.63, 3.8) is 0 Å². The molecule has 0 spiro atoms. The van der Waals surface area contributed by atoms with E-state index in [0.29, 0.717) is 5.56 Å². The van der Waals surface area contributed by atoms with Crippen molar-refractivity contribution >= 4 is 5.78 Å². The van der Waals surface area contributed by atoms with Gasteiger partial charge in [0.15, 0.2) is 0 Å². The molecular formula is C11H9F3O. The van der Waals surface area contributed by atoms with Crippen molar-refractivity contribution in [3.8, 4) is 0 Å². The maximum atomic E-state index is 12.2. The summed E-state index contributed by atoms with van der Waals surface area (Å²) in [6, 6.07) is 5.66. The Kier molecular flexibility index (Phi) is 3.29. The van der Waals surface area contributed by atoms with Gasteiger partial charge >= 0.3 is 6.18 Å². The van der Waals surface area contributed by atoms with Gasteiger partial charge in [-0.05, 0) is 12.0 Å². The Morgan fingerprint density at radius 3 is 2.47 bits per heavy atom. The van der Waals surface area contributed by atoms with Gasteiger partial charge in [-0.3, -0.25) is 4.79 Å². The first kappa shape index (κ1) is 11.5. The summed E-state index contributed by atoms with van der Waals surface area (Å²) in [5.41, 5.74) is 0.0414. The lowest BCUT2D eigenvalue weighted by atomic mass is 10.0.